The number of hydrogen-bond acceptors (Lipinski definition) is 3. The van der Waals surface area contributed by atoms with Crippen LogP contribution in [-0.2, 0) is 0 Å². The minimum atomic E-state index is 0.656. The minimum Gasteiger partial charge on any atom is -0.264 e. The molecule has 0 spiro atoms. The predicted molar refractivity (Wildman–Crippen MR) is 70.4 cm³/mol. The second-order valence-corrected chi connectivity index (χ2v) is 4.56. The summed E-state index contributed by atoms with van der Waals surface area (Å²) >= 11 is 0. The zero-order chi connectivity index (χ0) is 12.7. The van der Waals surface area contributed by atoms with Crippen LogP contribution in [0.15, 0.2) is 30.3 Å². The highest BCUT2D eigenvalue weighted by Crippen LogP contribution is 2.19. The molecular weight excluding hydrogens is 224 g/mol. The van der Waals surface area contributed by atoms with Crippen LogP contribution in [0.5, 0.6) is 0 Å². The average Bonchev–Trinajstić information content (AvgIpc) is 2.74. The van der Waals surface area contributed by atoms with Crippen molar-refractivity contribution in [2.75, 3.05) is 0 Å². The van der Waals surface area contributed by atoms with E-state index in [1.807, 2.05) is 24.3 Å². The van der Waals surface area contributed by atoms with Gasteiger partial charge in [0.25, 0.3) is 5.78 Å². The van der Waals surface area contributed by atoms with Crippen molar-refractivity contribution in [1.82, 2.24) is 19.6 Å². The molecule has 18 heavy (non-hydrogen) atoms. The van der Waals surface area contributed by atoms with Gasteiger partial charge in [0.2, 0.25) is 0 Å². The standard InChI is InChI=1S/C14H14N4/c1-9-4-6-12(7-5-9)13-16-17-14-15-10(2)8-11(3)18(13)14/h4-8H,1-3H3. The highest BCUT2D eigenvalue weighted by atomic mass is 15.3. The molecule has 0 amide bonds. The van der Waals surface area contributed by atoms with Crippen LogP contribution in [0.1, 0.15) is 17.0 Å². The fraction of sp³-hybridized carbons (Fsp3) is 0.214. The largest absolute Gasteiger partial charge is 0.264 e. The summed E-state index contributed by atoms with van der Waals surface area (Å²) in [5, 5.41) is 8.39. The van der Waals surface area contributed by atoms with Gasteiger partial charge in [0.1, 0.15) is 0 Å². The van der Waals surface area contributed by atoms with Crippen molar-refractivity contribution in [2.45, 2.75) is 20.8 Å². The molecule has 0 unspecified atom stereocenters. The molecule has 1 aromatic carbocycles. The number of aromatic nitrogens is 4. The van der Waals surface area contributed by atoms with Crippen molar-refractivity contribution >= 4 is 5.78 Å². The van der Waals surface area contributed by atoms with E-state index in [0.717, 1.165) is 22.8 Å². The van der Waals surface area contributed by atoms with Crippen molar-refractivity contribution in [2.24, 2.45) is 0 Å². The number of hydrogen-bond donors (Lipinski definition) is 0. The lowest BCUT2D eigenvalue weighted by Gasteiger charge is -2.04. The van der Waals surface area contributed by atoms with Gasteiger partial charge in [-0.15, -0.1) is 10.2 Å². The van der Waals surface area contributed by atoms with Gasteiger partial charge in [-0.2, -0.15) is 0 Å². The maximum absolute atomic E-state index is 4.39. The summed E-state index contributed by atoms with van der Waals surface area (Å²) in [5.41, 5.74) is 4.35. The molecule has 0 atom stereocenters. The molecule has 0 aliphatic rings. The van der Waals surface area contributed by atoms with Gasteiger partial charge < -0.3 is 0 Å². The van der Waals surface area contributed by atoms with Gasteiger partial charge in [-0.05, 0) is 26.8 Å². The minimum absolute atomic E-state index is 0.656. The first-order chi connectivity index (χ1) is 8.65. The Bertz CT molecular complexity index is 710. The van der Waals surface area contributed by atoms with Gasteiger partial charge >= 0.3 is 0 Å². The number of fused-ring (bicyclic) bond motifs is 1. The van der Waals surface area contributed by atoms with Crippen LogP contribution < -0.4 is 0 Å². The summed E-state index contributed by atoms with van der Waals surface area (Å²) in [6.07, 6.45) is 0. The van der Waals surface area contributed by atoms with Crippen molar-refractivity contribution in [1.29, 1.82) is 0 Å². The van der Waals surface area contributed by atoms with Gasteiger partial charge in [-0.1, -0.05) is 29.8 Å². The predicted octanol–water partition coefficient (Wildman–Crippen LogP) is 2.72. The molecule has 0 bridgehead atoms. The second-order valence-electron chi connectivity index (χ2n) is 4.56. The molecule has 2 aromatic heterocycles. The Kier molecular flexibility index (Phi) is 2.37. The van der Waals surface area contributed by atoms with E-state index in [4.69, 9.17) is 0 Å². The Labute approximate surface area is 105 Å². The second kappa shape index (κ2) is 3.91. The summed E-state index contributed by atoms with van der Waals surface area (Å²) in [7, 11) is 0. The van der Waals surface area contributed by atoms with E-state index >= 15 is 0 Å². The first kappa shape index (κ1) is 10.9. The molecule has 4 nitrogen and oxygen atoms in total. The van der Waals surface area contributed by atoms with E-state index < -0.39 is 0 Å². The van der Waals surface area contributed by atoms with Crippen LogP contribution in [0.25, 0.3) is 17.2 Å². The smallest absolute Gasteiger partial charge is 0.255 e. The van der Waals surface area contributed by atoms with E-state index in [0.29, 0.717) is 5.78 Å². The van der Waals surface area contributed by atoms with Crippen LogP contribution in [0.2, 0.25) is 0 Å². The molecule has 0 saturated heterocycles. The Morgan fingerprint density at radius 1 is 0.944 bits per heavy atom. The highest BCUT2D eigenvalue weighted by molar-refractivity contribution is 5.59. The monoisotopic (exact) mass is 238 g/mol. The normalized spacial score (nSPS) is 11.1. The van der Waals surface area contributed by atoms with Crippen LogP contribution in [0.3, 0.4) is 0 Å². The van der Waals surface area contributed by atoms with Crippen molar-refractivity contribution in [3.05, 3.63) is 47.3 Å². The summed E-state index contributed by atoms with van der Waals surface area (Å²) in [6, 6.07) is 10.3. The molecule has 0 fully saturated rings. The van der Waals surface area contributed by atoms with Crippen LogP contribution in [0.4, 0.5) is 0 Å². The van der Waals surface area contributed by atoms with Crippen LogP contribution >= 0.6 is 0 Å². The summed E-state index contributed by atoms with van der Waals surface area (Å²) < 4.78 is 1.98. The molecule has 0 radical (unpaired) electrons. The molecule has 0 N–H and O–H groups in total. The van der Waals surface area contributed by atoms with E-state index in [9.17, 15) is 0 Å². The molecule has 3 rings (SSSR count). The Balaban J connectivity index is 2.27. The fourth-order valence-electron chi connectivity index (χ4n) is 2.12. The molecule has 2 heterocycles. The zero-order valence-electron chi connectivity index (χ0n) is 10.7. The fourth-order valence-corrected chi connectivity index (χ4v) is 2.12. The van der Waals surface area contributed by atoms with E-state index in [2.05, 4.69) is 46.4 Å². The first-order valence-corrected chi connectivity index (χ1v) is 5.91. The van der Waals surface area contributed by atoms with Crippen molar-refractivity contribution in [3.63, 3.8) is 0 Å². The molecule has 0 aliphatic heterocycles. The third-order valence-electron chi connectivity index (χ3n) is 3.00. The van der Waals surface area contributed by atoms with Crippen LogP contribution in [-0.4, -0.2) is 19.6 Å². The lowest BCUT2D eigenvalue weighted by molar-refractivity contribution is 1.02. The maximum atomic E-state index is 4.39. The first-order valence-electron chi connectivity index (χ1n) is 5.91. The lowest BCUT2D eigenvalue weighted by Crippen LogP contribution is -1.98. The SMILES string of the molecule is Cc1ccc(-c2nnc3nc(C)cc(C)n23)cc1. The topological polar surface area (TPSA) is 43.1 Å². The Hall–Kier alpha value is -2.23. The van der Waals surface area contributed by atoms with E-state index in [-0.39, 0.29) is 0 Å². The Morgan fingerprint density at radius 3 is 2.39 bits per heavy atom. The van der Waals surface area contributed by atoms with Gasteiger partial charge in [-0.25, -0.2) is 4.98 Å². The molecular formula is C14H14N4. The highest BCUT2D eigenvalue weighted by Gasteiger charge is 2.11. The lowest BCUT2D eigenvalue weighted by atomic mass is 10.1. The number of rotatable bonds is 1. The summed E-state index contributed by atoms with van der Waals surface area (Å²) in [4.78, 5) is 4.39. The number of benzene rings is 1. The zero-order valence-corrected chi connectivity index (χ0v) is 10.7. The third-order valence-corrected chi connectivity index (χ3v) is 3.00. The van der Waals surface area contributed by atoms with Crippen LogP contribution in [0, 0.1) is 20.8 Å². The third kappa shape index (κ3) is 1.66. The molecule has 0 saturated carbocycles. The van der Waals surface area contributed by atoms with Gasteiger partial charge in [0, 0.05) is 17.0 Å². The van der Waals surface area contributed by atoms with Crippen molar-refractivity contribution < 1.29 is 0 Å². The van der Waals surface area contributed by atoms with E-state index in [1.54, 1.807) is 0 Å². The molecule has 4 heteroatoms. The van der Waals surface area contributed by atoms with Crippen molar-refractivity contribution in [3.8, 4) is 11.4 Å². The van der Waals surface area contributed by atoms with Gasteiger partial charge in [0.05, 0.1) is 0 Å². The molecule has 0 aliphatic carbocycles. The number of nitrogens with zero attached hydrogens (tertiary/aromatic N) is 4. The molecule has 3 aromatic rings. The average molecular weight is 238 g/mol. The van der Waals surface area contributed by atoms with Gasteiger partial charge in [0.15, 0.2) is 5.82 Å². The Morgan fingerprint density at radius 2 is 1.67 bits per heavy atom. The molecule has 90 valence electrons. The number of aryl methyl sites for hydroxylation is 3. The van der Waals surface area contributed by atoms with E-state index in [1.165, 1.54) is 5.56 Å². The maximum Gasteiger partial charge on any atom is 0.255 e. The summed E-state index contributed by atoms with van der Waals surface area (Å²) in [6.45, 7) is 6.08. The quantitative estimate of drug-likeness (QED) is 0.654. The summed E-state index contributed by atoms with van der Waals surface area (Å²) in [5.74, 6) is 1.50. The van der Waals surface area contributed by atoms with Gasteiger partial charge in [-0.3, -0.25) is 4.40 Å².